The Morgan fingerprint density at radius 1 is 1.24 bits per heavy atom. The maximum Gasteiger partial charge on any atom is 0.239 e. The lowest BCUT2D eigenvalue weighted by molar-refractivity contribution is -0.137. The van der Waals surface area contributed by atoms with Crippen molar-refractivity contribution in [2.24, 2.45) is 0 Å². The van der Waals surface area contributed by atoms with Crippen molar-refractivity contribution in [3.05, 3.63) is 0 Å². The molecule has 0 saturated carbocycles. The average molecular weight is 297 g/mol. The lowest BCUT2D eigenvalue weighted by Crippen LogP contribution is -2.58. The number of nitrogens with zero attached hydrogens (tertiary/aromatic N) is 2. The number of rotatable bonds is 8. The summed E-state index contributed by atoms with van der Waals surface area (Å²) in [5.74, 6) is 0.287. The fourth-order valence-electron chi connectivity index (χ4n) is 3.45. The standard InChI is InChI=1S/C17H35N3O/c1-6-12-18-14(4)16-11-9-10-13-20(16)15(5)17(21)19(7-2)8-3/h14-16,18H,6-13H2,1-5H3. The maximum atomic E-state index is 12.7. The fourth-order valence-corrected chi connectivity index (χ4v) is 3.45. The minimum absolute atomic E-state index is 0.000997. The first-order chi connectivity index (χ1) is 10.1. The highest BCUT2D eigenvalue weighted by atomic mass is 16.2. The molecule has 1 aliphatic rings. The smallest absolute Gasteiger partial charge is 0.239 e. The summed E-state index contributed by atoms with van der Waals surface area (Å²) >= 11 is 0. The van der Waals surface area contributed by atoms with Gasteiger partial charge >= 0.3 is 0 Å². The Kier molecular flexibility index (Phi) is 8.27. The zero-order valence-corrected chi connectivity index (χ0v) is 14.7. The Morgan fingerprint density at radius 3 is 2.48 bits per heavy atom. The number of nitrogens with one attached hydrogen (secondary N) is 1. The molecule has 1 saturated heterocycles. The van der Waals surface area contributed by atoms with Gasteiger partial charge in [0, 0.05) is 25.2 Å². The van der Waals surface area contributed by atoms with E-state index >= 15 is 0 Å². The van der Waals surface area contributed by atoms with Crippen LogP contribution in [0.2, 0.25) is 0 Å². The normalized spacial score (nSPS) is 22.8. The minimum Gasteiger partial charge on any atom is -0.342 e. The van der Waals surface area contributed by atoms with E-state index in [0.29, 0.717) is 12.1 Å². The number of carbonyl (C=O) groups is 1. The van der Waals surface area contributed by atoms with Gasteiger partial charge in [-0.1, -0.05) is 13.3 Å². The second kappa shape index (κ2) is 9.42. The van der Waals surface area contributed by atoms with E-state index in [4.69, 9.17) is 0 Å². The largest absolute Gasteiger partial charge is 0.342 e. The summed E-state index contributed by atoms with van der Waals surface area (Å²) in [6, 6.07) is 0.943. The first kappa shape index (κ1) is 18.4. The summed E-state index contributed by atoms with van der Waals surface area (Å²) in [7, 11) is 0. The van der Waals surface area contributed by atoms with Crippen LogP contribution in [0.4, 0.5) is 0 Å². The molecule has 21 heavy (non-hydrogen) atoms. The van der Waals surface area contributed by atoms with Crippen molar-refractivity contribution in [3.8, 4) is 0 Å². The Balaban J connectivity index is 2.73. The van der Waals surface area contributed by atoms with E-state index in [1.54, 1.807) is 0 Å². The van der Waals surface area contributed by atoms with Crippen molar-refractivity contribution >= 4 is 5.91 Å². The van der Waals surface area contributed by atoms with Crippen molar-refractivity contribution in [2.75, 3.05) is 26.2 Å². The Bertz CT molecular complexity index is 304. The van der Waals surface area contributed by atoms with Gasteiger partial charge in [-0.05, 0) is 60.0 Å². The summed E-state index contributed by atoms with van der Waals surface area (Å²) in [6.07, 6.45) is 4.86. The molecule has 1 fully saturated rings. The van der Waals surface area contributed by atoms with Crippen LogP contribution in [-0.4, -0.2) is 60.0 Å². The molecule has 3 atom stereocenters. The molecule has 1 N–H and O–H groups in total. The quantitative estimate of drug-likeness (QED) is 0.747. The van der Waals surface area contributed by atoms with Crippen LogP contribution < -0.4 is 5.32 Å². The van der Waals surface area contributed by atoms with Crippen molar-refractivity contribution in [1.82, 2.24) is 15.1 Å². The molecule has 4 nitrogen and oxygen atoms in total. The first-order valence-corrected chi connectivity index (χ1v) is 8.84. The van der Waals surface area contributed by atoms with E-state index in [1.807, 2.05) is 4.90 Å². The van der Waals surface area contributed by atoms with Crippen molar-refractivity contribution in [2.45, 2.75) is 78.4 Å². The van der Waals surface area contributed by atoms with Gasteiger partial charge in [0.25, 0.3) is 0 Å². The third-order valence-corrected chi connectivity index (χ3v) is 4.82. The molecule has 0 radical (unpaired) electrons. The predicted octanol–water partition coefficient (Wildman–Crippen LogP) is 2.49. The Labute approximate surface area is 131 Å². The monoisotopic (exact) mass is 297 g/mol. The molecule has 124 valence electrons. The van der Waals surface area contributed by atoms with E-state index in [1.165, 1.54) is 19.3 Å². The van der Waals surface area contributed by atoms with Crippen LogP contribution >= 0.6 is 0 Å². The molecule has 1 aliphatic heterocycles. The van der Waals surface area contributed by atoms with Gasteiger partial charge in [0.1, 0.15) is 0 Å². The summed E-state index contributed by atoms with van der Waals surface area (Å²) in [5.41, 5.74) is 0. The highest BCUT2D eigenvalue weighted by Gasteiger charge is 2.34. The minimum atomic E-state index is 0.000997. The van der Waals surface area contributed by atoms with Gasteiger partial charge < -0.3 is 10.2 Å². The van der Waals surface area contributed by atoms with Gasteiger partial charge in [0.15, 0.2) is 0 Å². The molecule has 0 bridgehead atoms. The molecular formula is C17H35N3O. The molecule has 0 spiro atoms. The van der Waals surface area contributed by atoms with Crippen LogP contribution in [0, 0.1) is 0 Å². The summed E-state index contributed by atoms with van der Waals surface area (Å²) < 4.78 is 0. The second-order valence-corrected chi connectivity index (χ2v) is 6.23. The zero-order valence-electron chi connectivity index (χ0n) is 14.7. The average Bonchev–Trinajstić information content (AvgIpc) is 2.52. The van der Waals surface area contributed by atoms with Gasteiger partial charge in [-0.15, -0.1) is 0 Å². The van der Waals surface area contributed by atoms with Gasteiger partial charge in [-0.25, -0.2) is 0 Å². The van der Waals surface area contributed by atoms with Crippen LogP contribution in [0.25, 0.3) is 0 Å². The molecule has 1 heterocycles. The number of likely N-dealkylation sites (N-methyl/N-ethyl adjacent to an activating group) is 1. The molecule has 1 rings (SSSR count). The van der Waals surface area contributed by atoms with Gasteiger partial charge in [-0.2, -0.15) is 0 Å². The third kappa shape index (κ3) is 4.96. The molecule has 0 aromatic rings. The zero-order chi connectivity index (χ0) is 15.8. The highest BCUT2D eigenvalue weighted by molar-refractivity contribution is 5.81. The third-order valence-electron chi connectivity index (χ3n) is 4.82. The summed E-state index contributed by atoms with van der Waals surface area (Å²) in [6.45, 7) is 14.4. The second-order valence-electron chi connectivity index (χ2n) is 6.23. The SMILES string of the molecule is CCCNC(C)C1CCCCN1C(C)C(=O)N(CC)CC. The fraction of sp³-hybridized carbons (Fsp3) is 0.941. The van der Waals surface area contributed by atoms with Crippen LogP contribution in [-0.2, 0) is 4.79 Å². The molecule has 4 heteroatoms. The van der Waals surface area contributed by atoms with Crippen LogP contribution in [0.15, 0.2) is 0 Å². The maximum absolute atomic E-state index is 12.7. The number of hydrogen-bond acceptors (Lipinski definition) is 3. The first-order valence-electron chi connectivity index (χ1n) is 8.84. The number of amides is 1. The number of hydrogen-bond donors (Lipinski definition) is 1. The lowest BCUT2D eigenvalue weighted by Gasteiger charge is -2.43. The van der Waals surface area contributed by atoms with Gasteiger partial charge in [0.05, 0.1) is 6.04 Å². The highest BCUT2D eigenvalue weighted by Crippen LogP contribution is 2.23. The molecule has 3 unspecified atom stereocenters. The number of likely N-dealkylation sites (tertiary alicyclic amines) is 1. The molecule has 0 aliphatic carbocycles. The van der Waals surface area contributed by atoms with Crippen molar-refractivity contribution in [1.29, 1.82) is 0 Å². The van der Waals surface area contributed by atoms with Gasteiger partial charge in [-0.3, -0.25) is 9.69 Å². The lowest BCUT2D eigenvalue weighted by atomic mass is 9.94. The van der Waals surface area contributed by atoms with Gasteiger partial charge in [0.2, 0.25) is 5.91 Å². The van der Waals surface area contributed by atoms with E-state index in [0.717, 1.165) is 32.6 Å². The van der Waals surface area contributed by atoms with Crippen LogP contribution in [0.1, 0.15) is 60.3 Å². The van der Waals surface area contributed by atoms with E-state index in [2.05, 4.69) is 44.8 Å². The predicted molar refractivity (Wildman–Crippen MR) is 89.5 cm³/mol. The molecule has 0 aromatic carbocycles. The van der Waals surface area contributed by atoms with E-state index in [9.17, 15) is 4.79 Å². The molecule has 0 aromatic heterocycles. The molecule has 1 amide bonds. The number of carbonyl (C=O) groups excluding carboxylic acids is 1. The molecular weight excluding hydrogens is 262 g/mol. The van der Waals surface area contributed by atoms with Crippen LogP contribution in [0.3, 0.4) is 0 Å². The van der Waals surface area contributed by atoms with Crippen molar-refractivity contribution in [3.63, 3.8) is 0 Å². The summed E-state index contributed by atoms with van der Waals surface area (Å²) in [4.78, 5) is 17.1. The van der Waals surface area contributed by atoms with E-state index < -0.39 is 0 Å². The van der Waals surface area contributed by atoms with E-state index in [-0.39, 0.29) is 11.9 Å². The Hall–Kier alpha value is -0.610. The number of piperidine rings is 1. The Morgan fingerprint density at radius 2 is 1.90 bits per heavy atom. The van der Waals surface area contributed by atoms with Crippen LogP contribution in [0.5, 0.6) is 0 Å². The summed E-state index contributed by atoms with van der Waals surface area (Å²) in [5, 5.41) is 3.62. The van der Waals surface area contributed by atoms with Crippen molar-refractivity contribution < 1.29 is 4.79 Å². The topological polar surface area (TPSA) is 35.6 Å².